The molecular formula is C22H18ClN3O2. The summed E-state index contributed by atoms with van der Waals surface area (Å²) in [6.45, 7) is 0. The van der Waals surface area contributed by atoms with Crippen LogP contribution in [0.1, 0.15) is 15.9 Å². The fourth-order valence-electron chi connectivity index (χ4n) is 3.41. The second-order valence-corrected chi connectivity index (χ2v) is 7.10. The third kappa shape index (κ3) is 3.37. The highest BCUT2D eigenvalue weighted by molar-refractivity contribution is 6.35. The maximum Gasteiger partial charge on any atom is 0.255 e. The molecule has 0 saturated carbocycles. The minimum Gasteiger partial charge on any atom is -0.340 e. The molecule has 28 heavy (non-hydrogen) atoms. The molecule has 1 aliphatic rings. The van der Waals surface area contributed by atoms with Crippen LogP contribution < -0.4 is 10.2 Å². The number of nitrogens with one attached hydrogen (secondary N) is 1. The van der Waals surface area contributed by atoms with E-state index in [1.54, 1.807) is 37.6 Å². The summed E-state index contributed by atoms with van der Waals surface area (Å²) in [5.41, 5.74) is 3.95. The molecule has 1 unspecified atom stereocenters. The van der Waals surface area contributed by atoms with Crippen molar-refractivity contribution in [2.75, 3.05) is 11.9 Å². The van der Waals surface area contributed by atoms with Crippen LogP contribution in [0.25, 0.3) is 11.1 Å². The molecule has 0 fully saturated rings. The Balaban J connectivity index is 1.58. The number of amides is 2. The minimum absolute atomic E-state index is 0.174. The van der Waals surface area contributed by atoms with Crippen molar-refractivity contribution in [3.05, 3.63) is 83.1 Å². The molecule has 140 valence electrons. The molecule has 5 nitrogen and oxygen atoms in total. The van der Waals surface area contributed by atoms with Crippen molar-refractivity contribution in [1.82, 2.24) is 10.3 Å². The minimum atomic E-state index is -0.659. The SMILES string of the molecule is CN1C(=O)C(Cc2ccc(-c3ccncc3)cc2)NC(=O)c2c(Cl)cccc21. The molecular weight excluding hydrogens is 374 g/mol. The molecule has 0 radical (unpaired) electrons. The van der Waals surface area contributed by atoms with Gasteiger partial charge in [-0.15, -0.1) is 0 Å². The van der Waals surface area contributed by atoms with Gasteiger partial charge in [-0.1, -0.05) is 41.9 Å². The van der Waals surface area contributed by atoms with Gasteiger partial charge in [-0.25, -0.2) is 0 Å². The quantitative estimate of drug-likeness (QED) is 0.740. The van der Waals surface area contributed by atoms with Crippen LogP contribution in [0.3, 0.4) is 0 Å². The zero-order valence-corrected chi connectivity index (χ0v) is 16.0. The fraction of sp³-hybridized carbons (Fsp3) is 0.136. The maximum atomic E-state index is 12.9. The highest BCUT2D eigenvalue weighted by atomic mass is 35.5. The molecule has 0 saturated heterocycles. The summed E-state index contributed by atoms with van der Waals surface area (Å²) < 4.78 is 0. The Kier molecular flexibility index (Phi) is 4.84. The number of rotatable bonds is 3. The second kappa shape index (κ2) is 7.44. The van der Waals surface area contributed by atoms with E-state index in [9.17, 15) is 9.59 Å². The van der Waals surface area contributed by atoms with Crippen molar-refractivity contribution >= 4 is 29.1 Å². The number of anilines is 1. The first-order valence-corrected chi connectivity index (χ1v) is 9.28. The third-order valence-corrected chi connectivity index (χ3v) is 5.24. The van der Waals surface area contributed by atoms with E-state index < -0.39 is 6.04 Å². The van der Waals surface area contributed by atoms with Gasteiger partial charge in [0, 0.05) is 25.9 Å². The predicted molar refractivity (Wildman–Crippen MR) is 109 cm³/mol. The lowest BCUT2D eigenvalue weighted by Gasteiger charge is -2.21. The number of fused-ring (bicyclic) bond motifs is 1. The van der Waals surface area contributed by atoms with Crippen LogP contribution in [0, 0.1) is 0 Å². The number of halogens is 1. The van der Waals surface area contributed by atoms with E-state index in [1.807, 2.05) is 36.4 Å². The van der Waals surface area contributed by atoms with E-state index in [1.165, 1.54) is 4.90 Å². The summed E-state index contributed by atoms with van der Waals surface area (Å²) in [5, 5.41) is 3.16. The van der Waals surface area contributed by atoms with Gasteiger partial charge in [-0.2, -0.15) is 0 Å². The van der Waals surface area contributed by atoms with E-state index in [4.69, 9.17) is 11.6 Å². The number of benzene rings is 2. The zero-order chi connectivity index (χ0) is 19.7. The topological polar surface area (TPSA) is 62.3 Å². The molecule has 2 amide bonds. The Hall–Kier alpha value is -3.18. The number of hydrogen-bond donors (Lipinski definition) is 1. The first-order valence-electron chi connectivity index (χ1n) is 8.91. The predicted octanol–water partition coefficient (Wildman–Crippen LogP) is 3.72. The molecule has 1 aromatic heterocycles. The molecule has 2 aromatic carbocycles. The Morgan fingerprint density at radius 3 is 2.39 bits per heavy atom. The van der Waals surface area contributed by atoms with E-state index in [2.05, 4.69) is 10.3 Å². The summed E-state index contributed by atoms with van der Waals surface area (Å²) in [6, 6.07) is 16.3. The van der Waals surface area contributed by atoms with E-state index in [-0.39, 0.29) is 11.8 Å². The standard InChI is InChI=1S/C22H18ClN3O2/c1-26-19-4-2-3-17(23)20(19)21(27)25-18(22(26)28)13-14-5-7-15(8-6-14)16-9-11-24-12-10-16/h2-12,18H,13H2,1H3,(H,25,27). The van der Waals surface area contributed by atoms with Gasteiger partial charge < -0.3 is 10.2 Å². The number of nitrogens with zero attached hydrogens (tertiary/aromatic N) is 2. The largest absolute Gasteiger partial charge is 0.340 e. The van der Waals surface area contributed by atoms with Crippen LogP contribution >= 0.6 is 11.6 Å². The van der Waals surface area contributed by atoms with Crippen molar-refractivity contribution in [2.24, 2.45) is 0 Å². The monoisotopic (exact) mass is 391 g/mol. The lowest BCUT2D eigenvalue weighted by atomic mass is 10.0. The van der Waals surface area contributed by atoms with Gasteiger partial charge in [-0.3, -0.25) is 14.6 Å². The first-order chi connectivity index (χ1) is 13.5. The Labute approximate surface area is 168 Å². The molecule has 2 heterocycles. The number of carbonyl (C=O) groups excluding carboxylic acids is 2. The van der Waals surface area contributed by atoms with Crippen LogP contribution in [0.4, 0.5) is 5.69 Å². The zero-order valence-electron chi connectivity index (χ0n) is 15.2. The molecule has 0 aliphatic carbocycles. The number of likely N-dealkylation sites (N-methyl/N-ethyl adjacent to an activating group) is 1. The van der Waals surface area contributed by atoms with Crippen LogP contribution in [0.5, 0.6) is 0 Å². The van der Waals surface area contributed by atoms with Crippen LogP contribution in [0.15, 0.2) is 67.0 Å². The molecule has 1 N–H and O–H groups in total. The summed E-state index contributed by atoms with van der Waals surface area (Å²) in [7, 11) is 1.66. The third-order valence-electron chi connectivity index (χ3n) is 4.92. The Bertz CT molecular complexity index is 1040. The number of aromatic nitrogens is 1. The highest BCUT2D eigenvalue weighted by Crippen LogP contribution is 2.30. The summed E-state index contributed by atoms with van der Waals surface area (Å²) in [5.74, 6) is -0.510. The lowest BCUT2D eigenvalue weighted by molar-refractivity contribution is -0.120. The van der Waals surface area contributed by atoms with Crippen LogP contribution in [-0.2, 0) is 11.2 Å². The van der Waals surface area contributed by atoms with Gasteiger partial charge in [0.1, 0.15) is 6.04 Å². The van der Waals surface area contributed by atoms with Crippen molar-refractivity contribution in [3.8, 4) is 11.1 Å². The van der Waals surface area contributed by atoms with Gasteiger partial charge in [0.15, 0.2) is 0 Å². The van der Waals surface area contributed by atoms with Gasteiger partial charge in [0.2, 0.25) is 5.91 Å². The van der Waals surface area contributed by atoms with Crippen molar-refractivity contribution in [1.29, 1.82) is 0 Å². The van der Waals surface area contributed by atoms with Crippen LogP contribution in [-0.4, -0.2) is 29.9 Å². The van der Waals surface area contributed by atoms with Gasteiger partial charge >= 0.3 is 0 Å². The highest BCUT2D eigenvalue weighted by Gasteiger charge is 2.33. The molecule has 1 aliphatic heterocycles. The summed E-state index contributed by atoms with van der Waals surface area (Å²) >= 11 is 6.20. The lowest BCUT2D eigenvalue weighted by Crippen LogP contribution is -2.45. The molecule has 6 heteroatoms. The number of hydrogen-bond acceptors (Lipinski definition) is 3. The summed E-state index contributed by atoms with van der Waals surface area (Å²) in [4.78, 5) is 31.1. The molecule has 4 rings (SSSR count). The molecule has 0 spiro atoms. The first kappa shape index (κ1) is 18.2. The Morgan fingerprint density at radius 1 is 1.00 bits per heavy atom. The van der Waals surface area contributed by atoms with Gasteiger partial charge in [-0.05, 0) is 41.0 Å². The van der Waals surface area contributed by atoms with Crippen molar-refractivity contribution in [2.45, 2.75) is 12.5 Å². The average molecular weight is 392 g/mol. The van der Waals surface area contributed by atoms with Crippen molar-refractivity contribution in [3.63, 3.8) is 0 Å². The number of pyridine rings is 1. The van der Waals surface area contributed by atoms with E-state index in [0.29, 0.717) is 22.7 Å². The smallest absolute Gasteiger partial charge is 0.255 e. The molecule has 0 bridgehead atoms. The van der Waals surface area contributed by atoms with Gasteiger partial charge in [0.25, 0.3) is 5.91 Å². The van der Waals surface area contributed by atoms with E-state index >= 15 is 0 Å². The van der Waals surface area contributed by atoms with E-state index in [0.717, 1.165) is 16.7 Å². The van der Waals surface area contributed by atoms with Gasteiger partial charge in [0.05, 0.1) is 16.3 Å². The number of carbonyl (C=O) groups is 2. The normalized spacial score (nSPS) is 16.4. The summed E-state index contributed by atoms with van der Waals surface area (Å²) in [6.07, 6.45) is 3.90. The molecule has 1 atom stereocenters. The fourth-order valence-corrected chi connectivity index (χ4v) is 3.67. The maximum absolute atomic E-state index is 12.9. The van der Waals surface area contributed by atoms with Crippen molar-refractivity contribution < 1.29 is 9.59 Å². The molecule has 3 aromatic rings. The second-order valence-electron chi connectivity index (χ2n) is 6.69. The average Bonchev–Trinajstić information content (AvgIpc) is 2.81. The van der Waals surface area contributed by atoms with Crippen LogP contribution in [0.2, 0.25) is 5.02 Å². The Morgan fingerprint density at radius 2 is 1.68 bits per heavy atom.